The molecule has 7 aromatic carbocycles. The zero-order chi connectivity index (χ0) is 42.4. The van der Waals surface area contributed by atoms with Gasteiger partial charge in [-0.15, -0.1) is 0 Å². The van der Waals surface area contributed by atoms with Crippen LogP contribution in [-0.2, 0) is 0 Å². The molecule has 10 aromatic rings. The van der Waals surface area contributed by atoms with Crippen molar-refractivity contribution in [2.45, 2.75) is 0 Å². The molecule has 0 aliphatic carbocycles. The minimum Gasteiger partial charge on any atom is -0.383 e. The van der Waals surface area contributed by atoms with Crippen LogP contribution >= 0.6 is 0 Å². The highest BCUT2D eigenvalue weighted by Crippen LogP contribution is 2.44. The maximum absolute atomic E-state index is 5.07. The van der Waals surface area contributed by atoms with E-state index in [-0.39, 0.29) is 6.85 Å². The number of pyridine rings is 2. The molecule has 0 unspecified atom stereocenters. The van der Waals surface area contributed by atoms with Crippen molar-refractivity contribution in [1.29, 1.82) is 0 Å². The summed E-state index contributed by atoms with van der Waals surface area (Å²) in [4.78, 5) is 25.9. The molecule has 2 aliphatic heterocycles. The quantitative estimate of drug-likeness (QED) is 0.149. The van der Waals surface area contributed by atoms with Crippen LogP contribution in [0.25, 0.3) is 101 Å². The number of benzene rings is 7. The molecule has 7 heteroatoms. The Hall–Kier alpha value is -8.55. The molecule has 12 rings (SSSR count). The summed E-state index contributed by atoms with van der Waals surface area (Å²) in [5.41, 5.74) is 16.8. The highest BCUT2D eigenvalue weighted by atomic mass is 15.1. The van der Waals surface area contributed by atoms with Crippen molar-refractivity contribution in [3.63, 3.8) is 0 Å². The van der Waals surface area contributed by atoms with E-state index in [0.717, 1.165) is 39.1 Å². The SMILES string of the molecule is C1=CB2c3c(-c4ccc(-c5cccc6ccccc56)cc4)cc(-c4cccc(-c5ccccc5)c4)cc3-c3ccc(-c4nc(-c5ccncc5)nc(-c5ccncc5)n4)cc3N2C=C1. The predicted octanol–water partition coefficient (Wildman–Crippen LogP) is 12.8. The molecule has 0 saturated carbocycles. The number of hydrogen-bond acceptors (Lipinski definition) is 6. The van der Waals surface area contributed by atoms with E-state index in [2.05, 4.69) is 191 Å². The summed E-state index contributed by atoms with van der Waals surface area (Å²) in [6, 6.07) is 62.9. The number of aromatic nitrogens is 5. The fourth-order valence-electron chi connectivity index (χ4n) is 9.26. The van der Waals surface area contributed by atoms with Gasteiger partial charge in [-0.3, -0.25) is 9.97 Å². The van der Waals surface area contributed by atoms with E-state index in [1.165, 1.54) is 55.2 Å². The minimum absolute atomic E-state index is 0.0571. The predicted molar refractivity (Wildman–Crippen MR) is 263 cm³/mol. The van der Waals surface area contributed by atoms with Crippen LogP contribution in [0.1, 0.15) is 0 Å². The molecule has 0 saturated heterocycles. The van der Waals surface area contributed by atoms with Gasteiger partial charge < -0.3 is 4.81 Å². The van der Waals surface area contributed by atoms with Crippen molar-refractivity contribution in [1.82, 2.24) is 24.9 Å². The molecule has 0 fully saturated rings. The van der Waals surface area contributed by atoms with Crippen LogP contribution in [0.2, 0.25) is 0 Å². The maximum atomic E-state index is 5.07. The summed E-state index contributed by atoms with van der Waals surface area (Å²) in [5, 5.41) is 2.49. The van der Waals surface area contributed by atoms with E-state index in [1.54, 1.807) is 24.8 Å². The Balaban J connectivity index is 1.05. The normalized spacial score (nSPS) is 12.5. The van der Waals surface area contributed by atoms with E-state index in [4.69, 9.17) is 15.0 Å². The number of nitrogens with zero attached hydrogens (tertiary/aromatic N) is 6. The molecule has 2 aliphatic rings. The Morgan fingerprint density at radius 1 is 0.359 bits per heavy atom. The van der Waals surface area contributed by atoms with Crippen LogP contribution in [0.15, 0.2) is 225 Å². The van der Waals surface area contributed by atoms with Crippen molar-refractivity contribution < 1.29 is 0 Å². The average Bonchev–Trinajstić information content (AvgIpc) is 3.39. The fraction of sp³-hybridized carbons (Fsp3) is 0. The third-order valence-corrected chi connectivity index (χ3v) is 12.4. The van der Waals surface area contributed by atoms with Crippen LogP contribution in [0, 0.1) is 0 Å². The lowest BCUT2D eigenvalue weighted by Crippen LogP contribution is -2.50. The zero-order valence-electron chi connectivity index (χ0n) is 34.6. The summed E-state index contributed by atoms with van der Waals surface area (Å²) in [6.07, 6.45) is 13.5. The van der Waals surface area contributed by atoms with Gasteiger partial charge in [0, 0.05) is 52.7 Å². The molecular formula is C57H37BN6. The smallest absolute Gasteiger partial charge is 0.321 e. The second-order valence-corrected chi connectivity index (χ2v) is 16.1. The Labute approximate surface area is 371 Å². The molecular weight excluding hydrogens is 779 g/mol. The molecule has 5 heterocycles. The van der Waals surface area contributed by atoms with Crippen LogP contribution in [0.4, 0.5) is 5.69 Å². The molecule has 0 amide bonds. The minimum atomic E-state index is -0.0571. The lowest BCUT2D eigenvalue weighted by Gasteiger charge is -2.38. The summed E-state index contributed by atoms with van der Waals surface area (Å²) >= 11 is 0. The summed E-state index contributed by atoms with van der Waals surface area (Å²) in [5.74, 6) is 4.07. The van der Waals surface area contributed by atoms with Crippen molar-refractivity contribution in [2.24, 2.45) is 0 Å². The van der Waals surface area contributed by atoms with Crippen molar-refractivity contribution in [3.8, 4) is 89.8 Å². The maximum Gasteiger partial charge on any atom is 0.321 e. The lowest BCUT2D eigenvalue weighted by atomic mass is 9.48. The van der Waals surface area contributed by atoms with Crippen LogP contribution < -0.4 is 10.3 Å². The average molecular weight is 817 g/mol. The monoisotopic (exact) mass is 816 g/mol. The van der Waals surface area contributed by atoms with Gasteiger partial charge in [0.1, 0.15) is 0 Å². The molecule has 6 nitrogen and oxygen atoms in total. The van der Waals surface area contributed by atoms with Gasteiger partial charge in [-0.1, -0.05) is 139 Å². The first-order valence-electron chi connectivity index (χ1n) is 21.5. The van der Waals surface area contributed by atoms with Crippen LogP contribution in [-0.4, -0.2) is 31.8 Å². The standard InChI is InChI=1S/C57H37BN6/c1-2-10-38(11-3-1)44-14-8-15-45(34-44)47-35-51(41-20-18-40(19-21-41)49-17-9-13-39-12-4-5-16-48(39)49)54-52(36-47)50-23-22-46(37-53(50)64-33-7-6-28-58(54)64)57-62-55(42-24-29-59-30-25-42)61-56(63-57)43-26-31-60-32-27-43/h1-37H. The molecule has 0 bridgehead atoms. The number of rotatable bonds is 7. The molecule has 0 radical (unpaired) electrons. The molecule has 0 spiro atoms. The molecule has 64 heavy (non-hydrogen) atoms. The van der Waals surface area contributed by atoms with Gasteiger partial charge in [0.2, 0.25) is 0 Å². The molecule has 3 aromatic heterocycles. The Morgan fingerprint density at radius 3 is 1.67 bits per heavy atom. The Morgan fingerprint density at radius 2 is 0.938 bits per heavy atom. The van der Waals surface area contributed by atoms with E-state index in [9.17, 15) is 0 Å². The summed E-state index contributed by atoms with van der Waals surface area (Å²) < 4.78 is 0. The first kappa shape index (κ1) is 37.2. The molecule has 298 valence electrons. The summed E-state index contributed by atoms with van der Waals surface area (Å²) in [6.45, 7) is -0.0571. The van der Waals surface area contributed by atoms with E-state index in [0.29, 0.717) is 17.5 Å². The van der Waals surface area contributed by atoms with Gasteiger partial charge in [0.15, 0.2) is 17.5 Å². The van der Waals surface area contributed by atoms with E-state index in [1.807, 2.05) is 24.3 Å². The number of fused-ring (bicyclic) bond motifs is 7. The van der Waals surface area contributed by atoms with Crippen molar-refractivity contribution in [2.75, 3.05) is 4.81 Å². The van der Waals surface area contributed by atoms with Gasteiger partial charge in [0.05, 0.1) is 0 Å². The Bertz CT molecular complexity index is 3380. The highest BCUT2D eigenvalue weighted by molar-refractivity contribution is 6.85. The van der Waals surface area contributed by atoms with Crippen LogP contribution in [0.5, 0.6) is 0 Å². The van der Waals surface area contributed by atoms with Crippen molar-refractivity contribution >= 4 is 28.8 Å². The number of allylic oxidation sites excluding steroid dienone is 2. The largest absolute Gasteiger partial charge is 0.383 e. The third-order valence-electron chi connectivity index (χ3n) is 12.4. The summed E-state index contributed by atoms with van der Waals surface area (Å²) in [7, 11) is 0. The first-order valence-corrected chi connectivity index (χ1v) is 21.5. The van der Waals surface area contributed by atoms with Gasteiger partial charge in [-0.05, 0) is 127 Å². The third kappa shape index (κ3) is 6.67. The van der Waals surface area contributed by atoms with Gasteiger partial charge in [-0.25, -0.2) is 15.0 Å². The lowest BCUT2D eigenvalue weighted by molar-refractivity contribution is 1.07. The number of anilines is 1. The van der Waals surface area contributed by atoms with Crippen LogP contribution in [0.3, 0.4) is 0 Å². The molecule has 0 N–H and O–H groups in total. The van der Waals surface area contributed by atoms with E-state index < -0.39 is 0 Å². The number of hydrogen-bond donors (Lipinski definition) is 0. The first-order chi connectivity index (χ1) is 31.7. The topological polar surface area (TPSA) is 67.7 Å². The van der Waals surface area contributed by atoms with Gasteiger partial charge in [0.25, 0.3) is 0 Å². The zero-order valence-corrected chi connectivity index (χ0v) is 34.6. The Kier molecular flexibility index (Phi) is 9.15. The fourth-order valence-corrected chi connectivity index (χ4v) is 9.26. The second kappa shape index (κ2) is 15.7. The second-order valence-electron chi connectivity index (χ2n) is 16.1. The molecule has 0 atom stereocenters. The van der Waals surface area contributed by atoms with E-state index >= 15 is 0 Å². The van der Waals surface area contributed by atoms with Gasteiger partial charge >= 0.3 is 6.85 Å². The van der Waals surface area contributed by atoms with Gasteiger partial charge in [-0.2, -0.15) is 0 Å². The highest BCUT2D eigenvalue weighted by Gasteiger charge is 2.36. The van der Waals surface area contributed by atoms with Crippen molar-refractivity contribution in [3.05, 3.63) is 225 Å².